The van der Waals surface area contributed by atoms with Crippen molar-refractivity contribution in [1.29, 1.82) is 0 Å². The van der Waals surface area contributed by atoms with Crippen LogP contribution in [0.15, 0.2) is 24.1 Å². The van der Waals surface area contributed by atoms with E-state index < -0.39 is 6.18 Å². The fourth-order valence-corrected chi connectivity index (χ4v) is 2.12. The van der Waals surface area contributed by atoms with E-state index in [9.17, 15) is 13.2 Å². The minimum atomic E-state index is -4.27. The Kier molecular flexibility index (Phi) is 3.55. The number of rotatable bonds is 2. The van der Waals surface area contributed by atoms with Gasteiger partial charge in [-0.05, 0) is 39.0 Å². The van der Waals surface area contributed by atoms with Crippen LogP contribution in [-0.4, -0.2) is 6.18 Å². The maximum Gasteiger partial charge on any atom is 0.409 e. The number of allylic oxidation sites excluding steroid dienone is 1. The smallest absolute Gasteiger partial charge is 0.167 e. The summed E-state index contributed by atoms with van der Waals surface area (Å²) in [6.07, 6.45) is -3.01. The number of hydrogen-bond acceptors (Lipinski definition) is 1. The molecule has 0 aromatic carbocycles. The van der Waals surface area contributed by atoms with Crippen molar-refractivity contribution >= 4 is 37.8 Å². The lowest BCUT2D eigenvalue weighted by Crippen LogP contribution is -2.00. The molecule has 5 heteroatoms. The van der Waals surface area contributed by atoms with Gasteiger partial charge in [-0.25, -0.2) is 0 Å². The predicted octanol–water partition coefficient (Wildman–Crippen LogP) is 4.69. The Labute approximate surface area is 91.9 Å². The molecular weight excluding hydrogens is 277 g/mol. The van der Waals surface area contributed by atoms with E-state index in [2.05, 4.69) is 22.5 Å². The van der Waals surface area contributed by atoms with Gasteiger partial charge in [0.25, 0.3) is 0 Å². The van der Waals surface area contributed by atoms with Crippen LogP contribution in [0.4, 0.5) is 13.2 Å². The summed E-state index contributed by atoms with van der Waals surface area (Å²) in [6.45, 7) is 3.61. The van der Waals surface area contributed by atoms with Crippen molar-refractivity contribution in [2.75, 3.05) is 0 Å². The van der Waals surface area contributed by atoms with Gasteiger partial charge < -0.3 is 0 Å². The fraction of sp³-hybridized carbons (Fsp3) is 0.111. The van der Waals surface area contributed by atoms with Crippen LogP contribution >= 0.6 is 27.3 Å². The van der Waals surface area contributed by atoms with Gasteiger partial charge in [0.2, 0.25) is 0 Å². The van der Waals surface area contributed by atoms with Gasteiger partial charge in [0.15, 0.2) is 0 Å². The number of hydrogen-bond donors (Lipinski definition) is 0. The van der Waals surface area contributed by atoms with Gasteiger partial charge in [-0.15, -0.1) is 11.3 Å². The van der Waals surface area contributed by atoms with E-state index in [4.69, 9.17) is 0 Å². The average molecular weight is 283 g/mol. The molecule has 0 nitrogen and oxygen atoms in total. The van der Waals surface area contributed by atoms with Crippen LogP contribution in [0.25, 0.3) is 10.6 Å². The molecule has 0 aliphatic carbocycles. The molecular formula is C9H6BrF3S. The lowest BCUT2D eigenvalue weighted by Gasteiger charge is -1.98. The summed E-state index contributed by atoms with van der Waals surface area (Å²) < 4.78 is 36.2. The van der Waals surface area contributed by atoms with Gasteiger partial charge in [0.1, 0.15) is 0 Å². The normalized spacial score (nSPS) is 12.3. The van der Waals surface area contributed by atoms with Crippen molar-refractivity contribution in [2.24, 2.45) is 0 Å². The largest absolute Gasteiger partial charge is 0.409 e. The number of alkyl halides is 3. The highest BCUT2D eigenvalue weighted by Crippen LogP contribution is 2.30. The Morgan fingerprint density at radius 3 is 2.64 bits per heavy atom. The zero-order chi connectivity index (χ0) is 10.8. The van der Waals surface area contributed by atoms with Crippen molar-refractivity contribution in [3.05, 3.63) is 34.5 Å². The van der Waals surface area contributed by atoms with E-state index in [1.807, 2.05) is 0 Å². The third-order valence-corrected chi connectivity index (χ3v) is 3.04. The number of thiophene rings is 1. The van der Waals surface area contributed by atoms with E-state index in [0.717, 1.165) is 6.08 Å². The van der Waals surface area contributed by atoms with Gasteiger partial charge in [-0.1, -0.05) is 6.58 Å². The molecule has 1 heterocycles. The molecule has 0 saturated carbocycles. The molecule has 0 saturated heterocycles. The van der Waals surface area contributed by atoms with Crippen LogP contribution < -0.4 is 0 Å². The maximum atomic E-state index is 11.9. The summed E-state index contributed by atoms with van der Waals surface area (Å²) in [5, 5.41) is 1.72. The Hall–Kier alpha value is -0.550. The second kappa shape index (κ2) is 4.31. The highest BCUT2D eigenvalue weighted by molar-refractivity contribution is 9.15. The molecule has 0 N–H and O–H groups in total. The summed E-state index contributed by atoms with van der Waals surface area (Å²) >= 11 is 4.48. The molecule has 0 bridgehead atoms. The molecule has 76 valence electrons. The van der Waals surface area contributed by atoms with E-state index in [-0.39, 0.29) is 6.08 Å². The quantitative estimate of drug-likeness (QED) is 0.738. The lowest BCUT2D eigenvalue weighted by molar-refractivity contribution is -0.0790. The molecule has 1 rings (SSSR count). The van der Waals surface area contributed by atoms with E-state index in [0.29, 0.717) is 14.9 Å². The first-order valence-corrected chi connectivity index (χ1v) is 5.25. The maximum absolute atomic E-state index is 11.9. The van der Waals surface area contributed by atoms with Crippen LogP contribution in [0.2, 0.25) is 0 Å². The Balaban J connectivity index is 2.92. The average Bonchev–Trinajstić information content (AvgIpc) is 2.46. The Bertz CT molecular complexity index is 362. The van der Waals surface area contributed by atoms with Crippen LogP contribution in [0.1, 0.15) is 10.4 Å². The molecule has 0 atom stereocenters. The van der Waals surface area contributed by atoms with Crippen LogP contribution in [0.5, 0.6) is 0 Å². The summed E-state index contributed by atoms with van der Waals surface area (Å²) in [4.78, 5) is 0.713. The highest BCUT2D eigenvalue weighted by atomic mass is 79.9. The van der Waals surface area contributed by atoms with E-state index in [1.165, 1.54) is 11.3 Å². The standard InChI is InChI=1S/C9H6BrF3S/c1-6(10)8-7(3-5-14-8)2-4-9(11,12)13/h2-5H,1H2/b4-2+. The van der Waals surface area contributed by atoms with Crippen LogP contribution in [0, 0.1) is 0 Å². The second-order valence-corrected chi connectivity index (χ2v) is 4.36. The molecule has 0 aliphatic heterocycles. The Morgan fingerprint density at radius 1 is 1.50 bits per heavy atom. The molecule has 14 heavy (non-hydrogen) atoms. The van der Waals surface area contributed by atoms with Crippen molar-refractivity contribution in [3.8, 4) is 0 Å². The summed E-state index contributed by atoms with van der Waals surface area (Å²) in [7, 11) is 0. The van der Waals surface area contributed by atoms with E-state index in [1.54, 1.807) is 11.4 Å². The van der Waals surface area contributed by atoms with Crippen LogP contribution in [0.3, 0.4) is 0 Å². The summed E-state index contributed by atoms with van der Waals surface area (Å²) in [5.41, 5.74) is 0.522. The van der Waals surface area contributed by atoms with Gasteiger partial charge in [-0.2, -0.15) is 13.2 Å². The molecule has 1 aromatic heterocycles. The van der Waals surface area contributed by atoms with Gasteiger partial charge in [0.05, 0.1) is 0 Å². The summed E-state index contributed by atoms with van der Waals surface area (Å²) in [6, 6.07) is 1.62. The fourth-order valence-electron chi connectivity index (χ4n) is 0.855. The lowest BCUT2D eigenvalue weighted by atomic mass is 10.2. The van der Waals surface area contributed by atoms with Crippen molar-refractivity contribution in [3.63, 3.8) is 0 Å². The zero-order valence-corrected chi connectivity index (χ0v) is 9.34. The molecule has 0 fully saturated rings. The second-order valence-electron chi connectivity index (χ2n) is 2.48. The molecule has 0 amide bonds. The first-order valence-electron chi connectivity index (χ1n) is 3.58. The third kappa shape index (κ3) is 3.31. The molecule has 1 aromatic rings. The van der Waals surface area contributed by atoms with Gasteiger partial charge >= 0.3 is 6.18 Å². The minimum Gasteiger partial charge on any atom is -0.167 e. The van der Waals surface area contributed by atoms with Crippen LogP contribution in [-0.2, 0) is 0 Å². The first kappa shape index (κ1) is 11.5. The van der Waals surface area contributed by atoms with Crippen molar-refractivity contribution < 1.29 is 13.2 Å². The molecule has 0 spiro atoms. The minimum absolute atomic E-state index is 0.217. The molecule has 0 aliphatic rings. The topological polar surface area (TPSA) is 0 Å². The SMILES string of the molecule is C=C(Br)c1sccc1/C=C/C(F)(F)F. The zero-order valence-electron chi connectivity index (χ0n) is 6.94. The van der Waals surface area contributed by atoms with E-state index >= 15 is 0 Å². The summed E-state index contributed by atoms with van der Waals surface area (Å²) in [5.74, 6) is 0. The van der Waals surface area contributed by atoms with Crippen molar-refractivity contribution in [1.82, 2.24) is 0 Å². The van der Waals surface area contributed by atoms with Gasteiger partial charge in [-0.3, -0.25) is 0 Å². The van der Waals surface area contributed by atoms with Gasteiger partial charge in [0, 0.05) is 15.4 Å². The predicted molar refractivity (Wildman–Crippen MR) is 57.4 cm³/mol. The third-order valence-electron chi connectivity index (χ3n) is 1.39. The molecule has 0 radical (unpaired) electrons. The monoisotopic (exact) mass is 282 g/mol. The molecule has 0 unspecified atom stereocenters. The first-order chi connectivity index (χ1) is 6.40. The number of halogens is 4. The Morgan fingerprint density at radius 2 is 2.14 bits per heavy atom. The van der Waals surface area contributed by atoms with Crippen molar-refractivity contribution in [2.45, 2.75) is 6.18 Å². The highest BCUT2D eigenvalue weighted by Gasteiger charge is 2.22.